The Labute approximate surface area is 179 Å². The van der Waals surface area contributed by atoms with Gasteiger partial charge in [0.05, 0.1) is 29.1 Å². The smallest absolute Gasteiger partial charge is 0.252 e. The van der Waals surface area contributed by atoms with Crippen LogP contribution in [-0.2, 0) is 0 Å². The van der Waals surface area contributed by atoms with E-state index in [1.165, 1.54) is 12.6 Å². The second-order valence-electron chi connectivity index (χ2n) is 9.01. The molecule has 4 N–H and O–H groups in total. The summed E-state index contributed by atoms with van der Waals surface area (Å²) in [6.45, 7) is 5.39. The lowest BCUT2D eigenvalue weighted by Gasteiger charge is -2.48. The maximum Gasteiger partial charge on any atom is 0.252 e. The van der Waals surface area contributed by atoms with Crippen LogP contribution in [0.1, 0.15) is 30.6 Å². The van der Waals surface area contributed by atoms with Crippen molar-refractivity contribution < 1.29 is 14.6 Å². The molecule has 0 saturated carbocycles. The Morgan fingerprint density at radius 1 is 1.32 bits per heavy atom. The summed E-state index contributed by atoms with van der Waals surface area (Å²) in [7, 11) is 0. The zero-order valence-electron chi connectivity index (χ0n) is 17.6. The highest BCUT2D eigenvalue weighted by molar-refractivity contribution is 6.03. The number of rotatable bonds is 6. The number of nitrogens with zero attached hydrogens (tertiary/aromatic N) is 4. The predicted molar refractivity (Wildman–Crippen MR) is 116 cm³/mol. The molecule has 6 rings (SSSR count). The molecule has 1 amide bonds. The van der Waals surface area contributed by atoms with Gasteiger partial charge in [0.2, 0.25) is 0 Å². The normalized spacial score (nSPS) is 20.5. The van der Waals surface area contributed by atoms with Gasteiger partial charge in [-0.2, -0.15) is 5.10 Å². The molecule has 3 saturated heterocycles. The second kappa shape index (κ2) is 7.21. The average molecular weight is 422 g/mol. The molecule has 2 bridgehead atoms. The fourth-order valence-electron chi connectivity index (χ4n) is 4.27. The molecular weight excluding hydrogens is 396 g/mol. The lowest BCUT2D eigenvalue weighted by atomic mass is 9.91. The van der Waals surface area contributed by atoms with Crippen LogP contribution in [0.3, 0.4) is 0 Å². The number of fused-ring (bicyclic) bond motifs is 3. The van der Waals surface area contributed by atoms with E-state index in [9.17, 15) is 9.90 Å². The van der Waals surface area contributed by atoms with Gasteiger partial charge in [-0.25, -0.2) is 9.50 Å². The lowest BCUT2D eigenvalue weighted by molar-refractivity contribution is 0.0283. The summed E-state index contributed by atoms with van der Waals surface area (Å²) in [6, 6.07) is 6.92. The van der Waals surface area contributed by atoms with E-state index in [-0.39, 0.29) is 6.61 Å². The van der Waals surface area contributed by atoms with Crippen molar-refractivity contribution >= 4 is 17.2 Å². The van der Waals surface area contributed by atoms with E-state index in [0.717, 1.165) is 30.0 Å². The lowest BCUT2D eigenvalue weighted by Crippen LogP contribution is -2.67. The van der Waals surface area contributed by atoms with Gasteiger partial charge >= 0.3 is 0 Å². The zero-order chi connectivity index (χ0) is 21.8. The van der Waals surface area contributed by atoms with E-state index < -0.39 is 11.5 Å². The van der Waals surface area contributed by atoms with Crippen LogP contribution in [0.5, 0.6) is 5.75 Å². The van der Waals surface area contributed by atoms with Crippen molar-refractivity contribution in [2.24, 2.45) is 5.73 Å². The molecule has 0 aliphatic carbocycles. The van der Waals surface area contributed by atoms with Gasteiger partial charge in [0.25, 0.3) is 5.91 Å². The number of hydrogen-bond donors (Lipinski definition) is 3. The number of anilines is 1. The highest BCUT2D eigenvalue weighted by Crippen LogP contribution is 2.32. The number of aliphatic hydroxyl groups is 1. The van der Waals surface area contributed by atoms with E-state index >= 15 is 0 Å². The topological polar surface area (TPSA) is 118 Å². The number of piperidine rings is 1. The summed E-state index contributed by atoms with van der Waals surface area (Å²) in [6.07, 6.45) is 6.17. The summed E-state index contributed by atoms with van der Waals surface area (Å²) in [4.78, 5) is 19.0. The Morgan fingerprint density at radius 2 is 2.06 bits per heavy atom. The standard InChI is InChI=1S/C22H26N6O3/c1-22(2,30)12-31-16-6-17(20-18(21(23)29)8-25-28(20)11-16)13-3-4-19(24-7-13)27-9-14-5-15(10-27)26-14/h3-4,6-8,11,14-15,26,30H,5,9-10,12H2,1-2H3,(H2,23,29). The van der Waals surface area contributed by atoms with Crippen LogP contribution in [0.25, 0.3) is 16.6 Å². The summed E-state index contributed by atoms with van der Waals surface area (Å²) in [5.41, 5.74) is 7.09. The second-order valence-corrected chi connectivity index (χ2v) is 9.01. The van der Waals surface area contributed by atoms with Crippen molar-refractivity contribution in [1.82, 2.24) is 19.9 Å². The number of piperazine rings is 1. The third-order valence-corrected chi connectivity index (χ3v) is 5.75. The van der Waals surface area contributed by atoms with Gasteiger partial charge in [0, 0.05) is 42.5 Å². The number of nitrogens with two attached hydrogens (primary N) is 1. The number of aromatic nitrogens is 3. The van der Waals surface area contributed by atoms with Gasteiger partial charge in [0.15, 0.2) is 0 Å². The number of ether oxygens (including phenoxy) is 1. The van der Waals surface area contributed by atoms with Crippen molar-refractivity contribution in [3.05, 3.63) is 42.4 Å². The minimum absolute atomic E-state index is 0.115. The van der Waals surface area contributed by atoms with Gasteiger partial charge in [-0.05, 0) is 38.5 Å². The van der Waals surface area contributed by atoms with E-state index in [2.05, 4.69) is 20.3 Å². The van der Waals surface area contributed by atoms with Gasteiger partial charge < -0.3 is 25.8 Å². The predicted octanol–water partition coefficient (Wildman–Crippen LogP) is 1.20. The number of nitrogens with one attached hydrogen (secondary N) is 1. The zero-order valence-corrected chi connectivity index (χ0v) is 17.6. The minimum atomic E-state index is -0.981. The first kappa shape index (κ1) is 19.8. The number of pyridine rings is 2. The quantitative estimate of drug-likeness (QED) is 0.546. The Kier molecular flexibility index (Phi) is 4.60. The number of carbonyl (C=O) groups excluding carboxylic acids is 1. The highest BCUT2D eigenvalue weighted by Gasteiger charge is 2.36. The molecule has 3 aliphatic heterocycles. The van der Waals surface area contributed by atoms with Crippen molar-refractivity contribution in [2.75, 3.05) is 24.6 Å². The van der Waals surface area contributed by atoms with Crippen LogP contribution in [0.2, 0.25) is 0 Å². The van der Waals surface area contributed by atoms with Gasteiger partial charge in [-0.3, -0.25) is 4.79 Å². The molecule has 2 unspecified atom stereocenters. The third kappa shape index (κ3) is 3.82. The first-order valence-corrected chi connectivity index (χ1v) is 10.4. The number of primary amides is 1. The van der Waals surface area contributed by atoms with E-state index in [1.807, 2.05) is 18.2 Å². The van der Waals surface area contributed by atoms with Crippen LogP contribution >= 0.6 is 0 Å². The summed E-state index contributed by atoms with van der Waals surface area (Å²) in [5, 5.41) is 17.8. The molecule has 31 heavy (non-hydrogen) atoms. The molecule has 2 atom stereocenters. The Balaban J connectivity index is 1.52. The molecule has 3 aliphatic rings. The van der Waals surface area contributed by atoms with Crippen molar-refractivity contribution in [3.8, 4) is 16.9 Å². The van der Waals surface area contributed by atoms with Crippen LogP contribution < -0.4 is 20.7 Å². The molecule has 0 radical (unpaired) electrons. The van der Waals surface area contributed by atoms with Gasteiger partial charge in [0.1, 0.15) is 18.2 Å². The molecule has 9 nitrogen and oxygen atoms in total. The minimum Gasteiger partial charge on any atom is -0.489 e. The molecule has 6 heterocycles. The molecule has 0 spiro atoms. The van der Waals surface area contributed by atoms with Crippen LogP contribution in [0.15, 0.2) is 36.8 Å². The Morgan fingerprint density at radius 3 is 2.68 bits per heavy atom. The number of amides is 1. The molecule has 3 aromatic heterocycles. The van der Waals surface area contributed by atoms with Crippen LogP contribution in [0.4, 0.5) is 5.82 Å². The SMILES string of the molecule is CC(C)(O)COc1cc(-c2ccc(N3CC4CC(C3)N4)nc2)c2c(C(N)=O)cnn2c1. The third-order valence-electron chi connectivity index (χ3n) is 5.75. The molecule has 9 heteroatoms. The van der Waals surface area contributed by atoms with E-state index in [4.69, 9.17) is 10.5 Å². The van der Waals surface area contributed by atoms with Gasteiger partial charge in [-0.15, -0.1) is 0 Å². The molecule has 0 aromatic carbocycles. The van der Waals surface area contributed by atoms with Crippen LogP contribution in [0, 0.1) is 0 Å². The van der Waals surface area contributed by atoms with Gasteiger partial charge in [-0.1, -0.05) is 0 Å². The fraction of sp³-hybridized carbons (Fsp3) is 0.409. The Hall–Kier alpha value is -3.17. The van der Waals surface area contributed by atoms with E-state index in [1.54, 1.807) is 30.8 Å². The molecule has 162 valence electrons. The average Bonchev–Trinajstić information content (AvgIpc) is 3.15. The largest absolute Gasteiger partial charge is 0.489 e. The van der Waals surface area contributed by atoms with Crippen molar-refractivity contribution in [3.63, 3.8) is 0 Å². The first-order chi connectivity index (χ1) is 14.8. The highest BCUT2D eigenvalue weighted by atomic mass is 16.5. The molecule has 3 fully saturated rings. The summed E-state index contributed by atoms with van der Waals surface area (Å²) in [5.74, 6) is 0.912. The maximum atomic E-state index is 12.0. The maximum absolute atomic E-state index is 12.0. The summed E-state index contributed by atoms with van der Waals surface area (Å²) >= 11 is 0. The first-order valence-electron chi connectivity index (χ1n) is 10.4. The number of carbonyl (C=O) groups is 1. The van der Waals surface area contributed by atoms with Crippen LogP contribution in [-0.4, -0.2) is 63.0 Å². The summed E-state index contributed by atoms with van der Waals surface area (Å²) < 4.78 is 7.36. The number of hydrogen-bond acceptors (Lipinski definition) is 7. The van der Waals surface area contributed by atoms with Crippen molar-refractivity contribution in [2.45, 2.75) is 38.0 Å². The molecular formula is C22H26N6O3. The van der Waals surface area contributed by atoms with E-state index in [0.29, 0.717) is 28.9 Å². The monoisotopic (exact) mass is 422 g/mol. The molecule has 3 aromatic rings. The Bertz CT molecular complexity index is 1120. The fourth-order valence-corrected chi connectivity index (χ4v) is 4.27. The van der Waals surface area contributed by atoms with Crippen molar-refractivity contribution in [1.29, 1.82) is 0 Å².